The molecule has 6 heteroatoms. The summed E-state index contributed by atoms with van der Waals surface area (Å²) in [6.07, 6.45) is 8.12. The average Bonchev–Trinajstić information content (AvgIpc) is 3.30. The Balaban J connectivity index is 1.63. The fraction of sp³-hybridized carbons (Fsp3) is 0.385. The molecule has 3 aromatic rings. The fourth-order valence-electron chi connectivity index (χ4n) is 5.55. The Morgan fingerprint density at radius 3 is 2.56 bits per heavy atom. The molecule has 0 radical (unpaired) electrons. The van der Waals surface area contributed by atoms with Crippen LogP contribution in [0.2, 0.25) is 5.02 Å². The molecule has 2 fully saturated rings. The molecule has 32 heavy (non-hydrogen) atoms. The number of hydrogen-bond donors (Lipinski definition) is 1. The number of halogens is 1. The van der Waals surface area contributed by atoms with Crippen LogP contribution in [-0.4, -0.2) is 25.6 Å². The monoisotopic (exact) mass is 464 g/mol. The molecule has 1 aromatic carbocycles. The van der Waals surface area contributed by atoms with Crippen molar-refractivity contribution in [2.45, 2.75) is 64.1 Å². The molecule has 2 aliphatic rings. The molecule has 1 N–H and O–H groups in total. The lowest BCUT2D eigenvalue weighted by Crippen LogP contribution is -2.40. The van der Waals surface area contributed by atoms with Gasteiger partial charge in [-0.3, -0.25) is 4.98 Å². The van der Waals surface area contributed by atoms with Gasteiger partial charge in [0.2, 0.25) is 0 Å². The van der Waals surface area contributed by atoms with Crippen molar-refractivity contribution in [2.24, 2.45) is 0 Å². The largest absolute Gasteiger partial charge is 0.352 e. The Morgan fingerprint density at radius 2 is 1.84 bits per heavy atom. The summed E-state index contributed by atoms with van der Waals surface area (Å²) in [6, 6.07) is 17.1. The first-order valence-electron chi connectivity index (χ1n) is 11.5. The number of rotatable bonds is 4. The SMILES string of the molecule is Cc1cc(C2C(c3ccccn3)NC(=S)N2C2CCCCC2)c(C)n1-c1cccc(Cl)c1. The lowest BCUT2D eigenvalue weighted by Gasteiger charge is -2.37. The summed E-state index contributed by atoms with van der Waals surface area (Å²) >= 11 is 12.3. The third kappa shape index (κ3) is 3.82. The minimum atomic E-state index is 0.0268. The van der Waals surface area contributed by atoms with Crippen LogP contribution in [0, 0.1) is 13.8 Å². The molecule has 0 bridgehead atoms. The quantitative estimate of drug-likeness (QED) is 0.450. The highest BCUT2D eigenvalue weighted by molar-refractivity contribution is 7.80. The predicted molar refractivity (Wildman–Crippen MR) is 134 cm³/mol. The Hall–Kier alpha value is -2.37. The predicted octanol–water partition coefficient (Wildman–Crippen LogP) is 6.45. The van der Waals surface area contributed by atoms with Gasteiger partial charge in [-0.25, -0.2) is 0 Å². The molecule has 2 atom stereocenters. The van der Waals surface area contributed by atoms with E-state index in [9.17, 15) is 0 Å². The van der Waals surface area contributed by atoms with Gasteiger partial charge in [0.15, 0.2) is 5.11 Å². The van der Waals surface area contributed by atoms with Crippen molar-refractivity contribution in [3.63, 3.8) is 0 Å². The lowest BCUT2D eigenvalue weighted by molar-refractivity contribution is 0.197. The Kier molecular flexibility index (Phi) is 5.95. The van der Waals surface area contributed by atoms with Gasteiger partial charge in [-0.1, -0.05) is 43.0 Å². The first-order chi connectivity index (χ1) is 15.5. The number of benzene rings is 1. The van der Waals surface area contributed by atoms with E-state index >= 15 is 0 Å². The van der Waals surface area contributed by atoms with Crippen molar-refractivity contribution in [3.8, 4) is 5.69 Å². The van der Waals surface area contributed by atoms with E-state index in [0.29, 0.717) is 6.04 Å². The maximum absolute atomic E-state index is 6.32. The first-order valence-corrected chi connectivity index (χ1v) is 12.3. The third-order valence-corrected chi connectivity index (χ3v) is 7.52. The fourth-order valence-corrected chi connectivity index (χ4v) is 6.12. The smallest absolute Gasteiger partial charge is 0.170 e. The molecule has 5 rings (SSSR count). The van der Waals surface area contributed by atoms with Crippen molar-refractivity contribution < 1.29 is 0 Å². The number of aryl methyl sites for hydroxylation is 1. The summed E-state index contributed by atoms with van der Waals surface area (Å²) in [6.45, 7) is 4.37. The number of nitrogens with zero attached hydrogens (tertiary/aromatic N) is 3. The molecule has 4 nitrogen and oxygen atoms in total. The van der Waals surface area contributed by atoms with E-state index in [-0.39, 0.29) is 12.1 Å². The van der Waals surface area contributed by atoms with Gasteiger partial charge in [-0.15, -0.1) is 0 Å². The zero-order chi connectivity index (χ0) is 22.2. The van der Waals surface area contributed by atoms with Crippen molar-refractivity contribution >= 4 is 28.9 Å². The van der Waals surface area contributed by atoms with Gasteiger partial charge in [0.1, 0.15) is 0 Å². The zero-order valence-electron chi connectivity index (χ0n) is 18.6. The number of hydrogen-bond acceptors (Lipinski definition) is 2. The molecule has 2 aromatic heterocycles. The van der Waals surface area contributed by atoms with Crippen LogP contribution in [0.4, 0.5) is 0 Å². The molecule has 166 valence electrons. The third-order valence-electron chi connectivity index (χ3n) is 6.96. The van der Waals surface area contributed by atoms with Gasteiger partial charge in [0, 0.05) is 34.3 Å². The molecular weight excluding hydrogens is 436 g/mol. The van der Waals surface area contributed by atoms with Gasteiger partial charge in [-0.05, 0) is 80.9 Å². The van der Waals surface area contributed by atoms with E-state index in [0.717, 1.165) is 21.5 Å². The van der Waals surface area contributed by atoms with Crippen molar-refractivity contribution in [3.05, 3.63) is 82.4 Å². The van der Waals surface area contributed by atoms with E-state index in [4.69, 9.17) is 28.8 Å². The molecule has 1 aliphatic heterocycles. The second kappa shape index (κ2) is 8.87. The van der Waals surface area contributed by atoms with Crippen LogP contribution in [0.1, 0.15) is 66.8 Å². The molecular formula is C26H29ClN4S. The van der Waals surface area contributed by atoms with Crippen LogP contribution >= 0.6 is 23.8 Å². The minimum Gasteiger partial charge on any atom is -0.352 e. The van der Waals surface area contributed by atoms with Crippen LogP contribution in [0.5, 0.6) is 0 Å². The molecule has 1 aliphatic carbocycles. The highest BCUT2D eigenvalue weighted by atomic mass is 35.5. The maximum atomic E-state index is 6.32. The topological polar surface area (TPSA) is 33.1 Å². The van der Waals surface area contributed by atoms with Crippen LogP contribution in [-0.2, 0) is 0 Å². The standard InChI is InChI=1S/C26H29ClN4S/c1-17-15-22(18(2)30(17)21-12-8-9-19(27)16-21)25-24(23-13-6-7-14-28-23)29-26(32)31(25)20-10-4-3-5-11-20/h6-9,12-16,20,24-25H,3-5,10-11H2,1-2H3,(H,29,32). The van der Waals surface area contributed by atoms with Crippen LogP contribution in [0.15, 0.2) is 54.7 Å². The normalized spacial score (nSPS) is 21.7. The molecule has 2 unspecified atom stereocenters. The van der Waals surface area contributed by atoms with Crippen molar-refractivity contribution in [1.82, 2.24) is 19.8 Å². The van der Waals surface area contributed by atoms with E-state index < -0.39 is 0 Å². The highest BCUT2D eigenvalue weighted by Gasteiger charge is 2.44. The Labute approximate surface area is 200 Å². The van der Waals surface area contributed by atoms with E-state index in [1.807, 2.05) is 30.5 Å². The average molecular weight is 465 g/mol. The van der Waals surface area contributed by atoms with Gasteiger partial charge < -0.3 is 14.8 Å². The second-order valence-corrected chi connectivity index (χ2v) is 9.79. The summed E-state index contributed by atoms with van der Waals surface area (Å²) in [5, 5.41) is 5.23. The first kappa shape index (κ1) is 21.5. The summed E-state index contributed by atoms with van der Waals surface area (Å²) < 4.78 is 2.30. The van der Waals surface area contributed by atoms with Crippen LogP contribution in [0.3, 0.4) is 0 Å². The van der Waals surface area contributed by atoms with Crippen molar-refractivity contribution in [2.75, 3.05) is 0 Å². The van der Waals surface area contributed by atoms with Gasteiger partial charge in [0.05, 0.1) is 17.8 Å². The summed E-state index contributed by atoms with van der Waals surface area (Å²) in [4.78, 5) is 7.19. The minimum absolute atomic E-state index is 0.0268. The summed E-state index contributed by atoms with van der Waals surface area (Å²) in [5.74, 6) is 0. The van der Waals surface area contributed by atoms with Crippen LogP contribution in [0.25, 0.3) is 5.69 Å². The Morgan fingerprint density at radius 1 is 1.03 bits per heavy atom. The summed E-state index contributed by atoms with van der Waals surface area (Å²) in [7, 11) is 0. The summed E-state index contributed by atoms with van der Waals surface area (Å²) in [5.41, 5.74) is 5.84. The van der Waals surface area contributed by atoms with Crippen molar-refractivity contribution in [1.29, 1.82) is 0 Å². The lowest BCUT2D eigenvalue weighted by atomic mass is 9.90. The van der Waals surface area contributed by atoms with Gasteiger partial charge >= 0.3 is 0 Å². The van der Waals surface area contributed by atoms with Gasteiger partial charge in [0.25, 0.3) is 0 Å². The molecule has 0 amide bonds. The zero-order valence-corrected chi connectivity index (χ0v) is 20.2. The molecule has 0 spiro atoms. The number of pyridine rings is 1. The Bertz CT molecular complexity index is 1120. The number of aromatic nitrogens is 2. The molecule has 1 saturated heterocycles. The van der Waals surface area contributed by atoms with E-state index in [1.165, 1.54) is 49.1 Å². The maximum Gasteiger partial charge on any atom is 0.170 e. The van der Waals surface area contributed by atoms with E-state index in [1.54, 1.807) is 0 Å². The van der Waals surface area contributed by atoms with Gasteiger partial charge in [-0.2, -0.15) is 0 Å². The van der Waals surface area contributed by atoms with Crippen LogP contribution < -0.4 is 5.32 Å². The number of thiocarbonyl (C=S) groups is 1. The molecule has 3 heterocycles. The highest BCUT2D eigenvalue weighted by Crippen LogP contribution is 2.44. The second-order valence-electron chi connectivity index (χ2n) is 8.97. The number of nitrogens with one attached hydrogen (secondary N) is 1. The molecule has 1 saturated carbocycles. The van der Waals surface area contributed by atoms with E-state index in [2.05, 4.69) is 52.9 Å².